The summed E-state index contributed by atoms with van der Waals surface area (Å²) in [5, 5.41) is 8.86. The van der Waals surface area contributed by atoms with Gasteiger partial charge in [0.25, 0.3) is 0 Å². The number of hydrogen-bond acceptors (Lipinski definition) is 1. The lowest BCUT2D eigenvalue weighted by atomic mass is 9.97. The smallest absolute Gasteiger partial charge is 0.104 e. The van der Waals surface area contributed by atoms with E-state index in [4.69, 9.17) is 5.11 Å². The van der Waals surface area contributed by atoms with Crippen LogP contribution in [-0.2, 0) is 0 Å². The second-order valence-corrected chi connectivity index (χ2v) is 1.85. The van der Waals surface area contributed by atoms with E-state index in [1.54, 1.807) is 0 Å². The third-order valence-corrected chi connectivity index (χ3v) is 1.09. The third kappa shape index (κ3) is 3.87. The van der Waals surface area contributed by atoms with Gasteiger partial charge in [0.05, 0.1) is 0 Å². The molecule has 7 heavy (non-hydrogen) atoms. The Bertz CT molecular complexity index is 39.1. The van der Waals surface area contributed by atoms with Crippen LogP contribution in [-0.4, -0.2) is 19.1 Å². The number of aliphatic hydroxyl groups excluding tert-OH is 1. The van der Waals surface area contributed by atoms with E-state index in [2.05, 4.69) is 6.92 Å². The summed E-state index contributed by atoms with van der Waals surface area (Å²) in [5.41, 5.74) is 0. The molecule has 0 amide bonds. The summed E-state index contributed by atoms with van der Waals surface area (Å²) in [7, 11) is 2.00. The molecule has 0 radical (unpaired) electrons. The van der Waals surface area contributed by atoms with E-state index in [1.807, 2.05) is 7.85 Å². The molecular formula is C5H13BO. The average Bonchev–Trinajstić information content (AvgIpc) is 1.68. The van der Waals surface area contributed by atoms with Crippen molar-refractivity contribution in [3.63, 3.8) is 0 Å². The zero-order valence-corrected chi connectivity index (χ0v) is 5.15. The van der Waals surface area contributed by atoms with Gasteiger partial charge < -0.3 is 5.11 Å². The van der Waals surface area contributed by atoms with Crippen LogP contribution in [0.4, 0.5) is 0 Å². The molecule has 0 aliphatic carbocycles. The molecule has 1 nitrogen and oxygen atoms in total. The van der Waals surface area contributed by atoms with Crippen molar-refractivity contribution in [1.82, 2.24) is 0 Å². The molecule has 0 rings (SSSR count). The first-order chi connectivity index (χ1) is 3.31. The molecular weight excluding hydrogens is 86.9 g/mol. The highest BCUT2D eigenvalue weighted by atomic mass is 16.3. The van der Waals surface area contributed by atoms with Crippen LogP contribution < -0.4 is 0 Å². The standard InChI is InChI=1S/C5H13BO/c1-2-3-5(7)4-6/h5,7H,2-4,6H2,1H3. The lowest BCUT2D eigenvalue weighted by Crippen LogP contribution is -2.02. The van der Waals surface area contributed by atoms with Crippen LogP contribution in [0.2, 0.25) is 6.32 Å². The molecule has 0 spiro atoms. The van der Waals surface area contributed by atoms with Gasteiger partial charge in [-0.3, -0.25) is 0 Å². The quantitative estimate of drug-likeness (QED) is 0.502. The zero-order chi connectivity index (χ0) is 5.70. The maximum atomic E-state index is 8.86. The molecule has 0 heterocycles. The minimum atomic E-state index is -0.0509. The Hall–Kier alpha value is 0.0249. The third-order valence-electron chi connectivity index (χ3n) is 1.09. The number of hydrogen-bond donors (Lipinski definition) is 1. The van der Waals surface area contributed by atoms with Crippen LogP contribution in [0.3, 0.4) is 0 Å². The van der Waals surface area contributed by atoms with Gasteiger partial charge in [-0.05, 0) is 6.42 Å². The lowest BCUT2D eigenvalue weighted by molar-refractivity contribution is 0.184. The van der Waals surface area contributed by atoms with Crippen LogP contribution in [0.25, 0.3) is 0 Å². The van der Waals surface area contributed by atoms with Crippen molar-refractivity contribution in [1.29, 1.82) is 0 Å². The summed E-state index contributed by atoms with van der Waals surface area (Å²) < 4.78 is 0. The molecule has 1 N–H and O–H groups in total. The van der Waals surface area contributed by atoms with Crippen molar-refractivity contribution in [3.05, 3.63) is 0 Å². The van der Waals surface area contributed by atoms with Gasteiger partial charge in [0.1, 0.15) is 7.85 Å². The number of rotatable bonds is 3. The first-order valence-corrected chi connectivity index (χ1v) is 2.99. The molecule has 0 aromatic carbocycles. The fourth-order valence-corrected chi connectivity index (χ4v) is 0.537. The molecule has 0 aliphatic rings. The van der Waals surface area contributed by atoms with Gasteiger partial charge in [0.2, 0.25) is 0 Å². The summed E-state index contributed by atoms with van der Waals surface area (Å²) in [4.78, 5) is 0. The van der Waals surface area contributed by atoms with Crippen LogP contribution >= 0.6 is 0 Å². The average molecular weight is 100.0 g/mol. The van der Waals surface area contributed by atoms with Crippen LogP contribution in [0.15, 0.2) is 0 Å². The van der Waals surface area contributed by atoms with Gasteiger partial charge in [0.15, 0.2) is 0 Å². The lowest BCUT2D eigenvalue weighted by Gasteiger charge is -2.01. The summed E-state index contributed by atoms with van der Waals surface area (Å²) in [6.07, 6.45) is 2.89. The fraction of sp³-hybridized carbons (Fsp3) is 1.00. The Morgan fingerprint density at radius 2 is 2.29 bits per heavy atom. The predicted molar refractivity (Wildman–Crippen MR) is 34.3 cm³/mol. The Morgan fingerprint density at radius 3 is 2.43 bits per heavy atom. The van der Waals surface area contributed by atoms with Crippen LogP contribution in [0, 0.1) is 0 Å². The SMILES string of the molecule is BCC(O)CCC. The Kier molecular flexibility index (Phi) is 4.21. The Labute approximate surface area is 46.1 Å². The minimum absolute atomic E-state index is 0.0509. The topological polar surface area (TPSA) is 20.2 Å². The maximum Gasteiger partial charge on any atom is 0.104 e. The largest absolute Gasteiger partial charge is 0.394 e. The molecule has 1 atom stereocenters. The number of aliphatic hydroxyl groups is 1. The summed E-state index contributed by atoms with van der Waals surface area (Å²) >= 11 is 0. The molecule has 0 aromatic heterocycles. The molecule has 0 fully saturated rings. The molecule has 0 aliphatic heterocycles. The van der Waals surface area contributed by atoms with Crippen molar-refractivity contribution in [2.45, 2.75) is 32.2 Å². The Morgan fingerprint density at radius 1 is 1.71 bits per heavy atom. The van der Waals surface area contributed by atoms with Gasteiger partial charge in [-0.15, -0.1) is 0 Å². The predicted octanol–water partition coefficient (Wildman–Crippen LogP) is 0.199. The fourth-order valence-electron chi connectivity index (χ4n) is 0.537. The Balaban J connectivity index is 2.83. The van der Waals surface area contributed by atoms with Gasteiger partial charge in [-0.1, -0.05) is 19.7 Å². The van der Waals surface area contributed by atoms with Crippen LogP contribution in [0.1, 0.15) is 19.8 Å². The second-order valence-electron chi connectivity index (χ2n) is 1.85. The first-order valence-electron chi connectivity index (χ1n) is 2.99. The van der Waals surface area contributed by atoms with Gasteiger partial charge in [-0.2, -0.15) is 0 Å². The zero-order valence-electron chi connectivity index (χ0n) is 5.15. The minimum Gasteiger partial charge on any atom is -0.394 e. The first kappa shape index (κ1) is 7.02. The monoisotopic (exact) mass is 100 g/mol. The molecule has 0 aromatic rings. The molecule has 1 unspecified atom stereocenters. The highest BCUT2D eigenvalue weighted by Gasteiger charge is 1.94. The normalized spacial score (nSPS) is 14.0. The molecule has 2 heteroatoms. The highest BCUT2D eigenvalue weighted by molar-refractivity contribution is 6.08. The summed E-state index contributed by atoms with van der Waals surface area (Å²) in [6.45, 7) is 2.08. The van der Waals surface area contributed by atoms with Gasteiger partial charge >= 0.3 is 0 Å². The van der Waals surface area contributed by atoms with E-state index in [-0.39, 0.29) is 6.10 Å². The van der Waals surface area contributed by atoms with Crippen molar-refractivity contribution in [3.8, 4) is 0 Å². The van der Waals surface area contributed by atoms with Crippen LogP contribution in [0.5, 0.6) is 0 Å². The van der Waals surface area contributed by atoms with Crippen molar-refractivity contribution in [2.24, 2.45) is 0 Å². The molecule has 0 bridgehead atoms. The molecule has 0 saturated heterocycles. The van der Waals surface area contributed by atoms with Gasteiger partial charge in [0, 0.05) is 6.10 Å². The van der Waals surface area contributed by atoms with Crippen molar-refractivity contribution < 1.29 is 5.11 Å². The van der Waals surface area contributed by atoms with E-state index < -0.39 is 0 Å². The summed E-state index contributed by atoms with van der Waals surface area (Å²) in [6, 6.07) is 0. The van der Waals surface area contributed by atoms with Gasteiger partial charge in [-0.25, -0.2) is 0 Å². The van der Waals surface area contributed by atoms with E-state index in [0.717, 1.165) is 19.2 Å². The van der Waals surface area contributed by atoms with E-state index in [9.17, 15) is 0 Å². The van der Waals surface area contributed by atoms with Crippen molar-refractivity contribution in [2.75, 3.05) is 0 Å². The highest BCUT2D eigenvalue weighted by Crippen LogP contribution is 1.97. The maximum absolute atomic E-state index is 8.86. The molecule has 42 valence electrons. The van der Waals surface area contributed by atoms with E-state index in [0.29, 0.717) is 0 Å². The van der Waals surface area contributed by atoms with E-state index >= 15 is 0 Å². The second kappa shape index (κ2) is 4.19. The summed E-state index contributed by atoms with van der Waals surface area (Å²) in [5.74, 6) is 0. The molecule has 0 saturated carbocycles. The van der Waals surface area contributed by atoms with Crippen molar-refractivity contribution >= 4 is 7.85 Å². The van der Waals surface area contributed by atoms with E-state index in [1.165, 1.54) is 0 Å².